The molecule has 1 fully saturated rings. The maximum Gasteiger partial charge on any atom is 0.248 e. The largest absolute Gasteiger partial charge is 0.506 e. The fourth-order valence-corrected chi connectivity index (χ4v) is 4.96. The fraction of sp³-hybridized carbons (Fsp3) is 0.500. The number of pyridine rings is 1. The van der Waals surface area contributed by atoms with E-state index in [-0.39, 0.29) is 11.3 Å². The number of aromatic nitrogens is 1. The number of benzene rings is 2. The van der Waals surface area contributed by atoms with Gasteiger partial charge in [0, 0.05) is 24.5 Å². The van der Waals surface area contributed by atoms with Crippen molar-refractivity contribution in [1.29, 1.82) is 0 Å². The number of phenolic OH excluding ortho intramolecular Hbond substituents is 1. The van der Waals surface area contributed by atoms with Crippen molar-refractivity contribution in [3.63, 3.8) is 0 Å². The molecule has 1 saturated heterocycles. The number of aliphatic hydroxyl groups excluding tert-OH is 1. The summed E-state index contributed by atoms with van der Waals surface area (Å²) in [6.45, 7) is 7.75. The van der Waals surface area contributed by atoms with E-state index in [2.05, 4.69) is 46.4 Å². The highest BCUT2D eigenvalue weighted by Crippen LogP contribution is 2.28. The predicted octanol–water partition coefficient (Wildman–Crippen LogP) is 4.73. The molecule has 7 heteroatoms. The first-order valence-electron chi connectivity index (χ1n) is 13.7. The molecule has 3 aromatic rings. The average molecular weight is 508 g/mol. The Kier molecular flexibility index (Phi) is 9.99. The van der Waals surface area contributed by atoms with Crippen molar-refractivity contribution in [3.8, 4) is 11.5 Å². The van der Waals surface area contributed by atoms with Crippen LogP contribution >= 0.6 is 0 Å². The number of ether oxygens (including phenoxy) is 1. The van der Waals surface area contributed by atoms with Crippen LogP contribution in [-0.2, 0) is 6.54 Å². The summed E-state index contributed by atoms with van der Waals surface area (Å²) in [6, 6.07) is 14.8. The zero-order valence-corrected chi connectivity index (χ0v) is 21.9. The van der Waals surface area contributed by atoms with Crippen molar-refractivity contribution in [2.75, 3.05) is 32.8 Å². The van der Waals surface area contributed by atoms with E-state index in [4.69, 9.17) is 4.74 Å². The number of fused-ring (bicyclic) bond motifs is 1. The summed E-state index contributed by atoms with van der Waals surface area (Å²) in [5.74, 6) is 1.81. The minimum absolute atomic E-state index is 0.000165. The number of aromatic hydroxyl groups is 1. The summed E-state index contributed by atoms with van der Waals surface area (Å²) in [5, 5.41) is 24.6. The number of hydrogen-bond acceptors (Lipinski definition) is 6. The van der Waals surface area contributed by atoms with Crippen LogP contribution < -0.4 is 15.6 Å². The van der Waals surface area contributed by atoms with Gasteiger partial charge in [-0.05, 0) is 86.6 Å². The molecule has 0 spiro atoms. The normalized spacial score (nSPS) is 15.7. The highest BCUT2D eigenvalue weighted by molar-refractivity contribution is 5.87. The molecule has 37 heavy (non-hydrogen) atoms. The number of aromatic amines is 1. The molecule has 1 aromatic heterocycles. The first-order valence-corrected chi connectivity index (χ1v) is 13.7. The molecule has 200 valence electrons. The van der Waals surface area contributed by atoms with Crippen molar-refractivity contribution in [3.05, 3.63) is 70.0 Å². The lowest BCUT2D eigenvalue weighted by atomic mass is 9.99. The van der Waals surface area contributed by atoms with Crippen LogP contribution in [0.5, 0.6) is 11.5 Å². The molecular weight excluding hydrogens is 466 g/mol. The Hall–Kier alpha value is -2.87. The Balaban J connectivity index is 1.06. The molecular formula is C30H41N3O4. The zero-order chi connectivity index (χ0) is 26.0. The van der Waals surface area contributed by atoms with Gasteiger partial charge in [-0.1, -0.05) is 38.0 Å². The number of likely N-dealkylation sites (tertiary alicyclic amines) is 1. The van der Waals surface area contributed by atoms with Gasteiger partial charge in [0.1, 0.15) is 11.5 Å². The SMILES string of the molecule is CC1CCN(Cc2ccc(OCCCCCCNC[C@@H](O)c3ccc(O)c4[nH]c(=O)ccc34)cc2)CC1. The second-order valence-electron chi connectivity index (χ2n) is 10.4. The number of nitrogens with zero attached hydrogens (tertiary/aromatic N) is 1. The topological polar surface area (TPSA) is 97.8 Å². The van der Waals surface area contributed by atoms with Gasteiger partial charge in [0.05, 0.1) is 18.2 Å². The van der Waals surface area contributed by atoms with Crippen LogP contribution in [0.2, 0.25) is 0 Å². The summed E-state index contributed by atoms with van der Waals surface area (Å²) < 4.78 is 5.92. The number of unbranched alkanes of at least 4 members (excludes halogenated alkanes) is 3. The van der Waals surface area contributed by atoms with Gasteiger partial charge in [0.2, 0.25) is 5.56 Å². The molecule has 0 amide bonds. The maximum atomic E-state index is 11.6. The van der Waals surface area contributed by atoms with Gasteiger partial charge in [-0.25, -0.2) is 0 Å². The molecule has 7 nitrogen and oxygen atoms in total. The van der Waals surface area contributed by atoms with Crippen molar-refractivity contribution >= 4 is 10.9 Å². The summed E-state index contributed by atoms with van der Waals surface area (Å²) in [4.78, 5) is 16.7. The number of phenols is 1. The number of aliphatic hydroxyl groups is 1. The predicted molar refractivity (Wildman–Crippen MR) is 148 cm³/mol. The molecule has 4 rings (SSSR count). The van der Waals surface area contributed by atoms with Crippen LogP contribution in [0.4, 0.5) is 0 Å². The van der Waals surface area contributed by atoms with E-state index in [0.29, 0.717) is 23.0 Å². The monoisotopic (exact) mass is 507 g/mol. The van der Waals surface area contributed by atoms with Crippen LogP contribution in [0.15, 0.2) is 53.3 Å². The Morgan fingerprint density at radius 1 is 1.03 bits per heavy atom. The van der Waals surface area contributed by atoms with Gasteiger partial charge < -0.3 is 25.3 Å². The Labute approximate surface area is 219 Å². The van der Waals surface area contributed by atoms with E-state index in [0.717, 1.165) is 57.0 Å². The third-order valence-electron chi connectivity index (χ3n) is 7.33. The van der Waals surface area contributed by atoms with Crippen molar-refractivity contribution in [1.82, 2.24) is 15.2 Å². The molecule has 0 aliphatic carbocycles. The Morgan fingerprint density at radius 2 is 1.78 bits per heavy atom. The molecule has 0 radical (unpaired) electrons. The molecule has 2 aromatic carbocycles. The third kappa shape index (κ3) is 8.06. The number of piperidine rings is 1. The van der Waals surface area contributed by atoms with Crippen molar-refractivity contribution < 1.29 is 14.9 Å². The third-order valence-corrected chi connectivity index (χ3v) is 7.33. The number of rotatable bonds is 13. The second-order valence-corrected chi connectivity index (χ2v) is 10.4. The van der Waals surface area contributed by atoms with Crippen LogP contribution in [-0.4, -0.2) is 52.9 Å². The van der Waals surface area contributed by atoms with Crippen LogP contribution in [0.25, 0.3) is 10.9 Å². The second kappa shape index (κ2) is 13.6. The van der Waals surface area contributed by atoms with Gasteiger partial charge in [-0.15, -0.1) is 0 Å². The minimum Gasteiger partial charge on any atom is -0.506 e. The minimum atomic E-state index is -0.725. The molecule has 0 bridgehead atoms. The van der Waals surface area contributed by atoms with Crippen LogP contribution in [0.1, 0.15) is 62.7 Å². The fourth-order valence-electron chi connectivity index (χ4n) is 4.96. The van der Waals surface area contributed by atoms with Crippen LogP contribution in [0, 0.1) is 5.92 Å². The van der Waals surface area contributed by atoms with Gasteiger partial charge in [-0.2, -0.15) is 0 Å². The molecule has 2 heterocycles. The van der Waals surface area contributed by atoms with E-state index < -0.39 is 6.10 Å². The number of hydrogen-bond donors (Lipinski definition) is 4. The smallest absolute Gasteiger partial charge is 0.248 e. The lowest BCUT2D eigenvalue weighted by molar-refractivity contribution is 0.176. The zero-order valence-electron chi connectivity index (χ0n) is 21.9. The lowest BCUT2D eigenvalue weighted by Gasteiger charge is -2.30. The quantitative estimate of drug-likeness (QED) is 0.250. The molecule has 0 unspecified atom stereocenters. The first-order chi connectivity index (χ1) is 18.0. The van der Waals surface area contributed by atoms with Crippen molar-refractivity contribution in [2.24, 2.45) is 5.92 Å². The molecule has 1 atom stereocenters. The van der Waals surface area contributed by atoms with E-state index in [9.17, 15) is 15.0 Å². The van der Waals surface area contributed by atoms with Gasteiger partial charge in [-0.3, -0.25) is 9.69 Å². The standard InChI is InChI=1S/C30H41N3O4/c1-22-14-17-33(18-15-22)21-23-6-8-24(9-7-23)37-19-5-3-2-4-16-31-20-28(35)25-10-12-27(34)30-26(25)11-13-29(36)32-30/h6-13,22,28,31,34-35H,2-5,14-21H2,1H3,(H,32,36)/t28-/m1/s1. The highest BCUT2D eigenvalue weighted by atomic mass is 16.5. The summed E-state index contributed by atoms with van der Waals surface area (Å²) in [6.07, 6.45) is 6.14. The van der Waals surface area contributed by atoms with Gasteiger partial charge in [0.15, 0.2) is 0 Å². The van der Waals surface area contributed by atoms with Gasteiger partial charge >= 0.3 is 0 Å². The molecule has 1 aliphatic heterocycles. The number of nitrogens with one attached hydrogen (secondary N) is 2. The number of H-pyrrole nitrogens is 1. The highest BCUT2D eigenvalue weighted by Gasteiger charge is 2.16. The Morgan fingerprint density at radius 3 is 2.57 bits per heavy atom. The van der Waals surface area contributed by atoms with Crippen LogP contribution in [0.3, 0.4) is 0 Å². The van der Waals surface area contributed by atoms with Gasteiger partial charge in [0.25, 0.3) is 0 Å². The summed E-state index contributed by atoms with van der Waals surface area (Å²) >= 11 is 0. The molecule has 0 saturated carbocycles. The maximum absolute atomic E-state index is 11.6. The van der Waals surface area contributed by atoms with Crippen molar-refractivity contribution in [2.45, 2.75) is 58.1 Å². The average Bonchev–Trinajstić information content (AvgIpc) is 2.90. The van der Waals surface area contributed by atoms with E-state index in [1.54, 1.807) is 12.1 Å². The van der Waals surface area contributed by atoms with E-state index in [1.807, 2.05) is 0 Å². The lowest BCUT2D eigenvalue weighted by Crippen LogP contribution is -2.32. The summed E-state index contributed by atoms with van der Waals surface area (Å²) in [7, 11) is 0. The molecule has 1 aliphatic rings. The summed E-state index contributed by atoms with van der Waals surface area (Å²) in [5.41, 5.74) is 2.11. The Bertz CT molecular complexity index is 1170. The van der Waals surface area contributed by atoms with E-state index in [1.165, 1.54) is 43.6 Å². The first kappa shape index (κ1) is 27.2. The van der Waals surface area contributed by atoms with E-state index >= 15 is 0 Å². The molecule has 4 N–H and O–H groups in total.